The van der Waals surface area contributed by atoms with Gasteiger partial charge in [-0.05, 0) is 74.3 Å². The van der Waals surface area contributed by atoms with Crippen LogP contribution < -0.4 is 5.32 Å². The number of piperidine rings is 1. The van der Waals surface area contributed by atoms with E-state index in [2.05, 4.69) is 5.32 Å². The second kappa shape index (κ2) is 10.8. The number of carbonyl (C=O) groups excluding carboxylic acids is 1. The van der Waals surface area contributed by atoms with Gasteiger partial charge >= 0.3 is 0 Å². The lowest BCUT2D eigenvalue weighted by Crippen LogP contribution is -2.43. The molecule has 178 valence electrons. The molecule has 1 N–H and O–H groups in total. The molecular formula is C26H34N2O4S. The number of nitrogens with zero attached hydrogens (tertiary/aromatic N) is 1. The largest absolute Gasteiger partial charge is 0.374 e. The molecular weight excluding hydrogens is 436 g/mol. The van der Waals surface area contributed by atoms with Crippen LogP contribution in [0.3, 0.4) is 0 Å². The molecule has 7 heteroatoms. The van der Waals surface area contributed by atoms with E-state index in [9.17, 15) is 13.2 Å². The fraction of sp³-hybridized carbons (Fsp3) is 0.500. The van der Waals surface area contributed by atoms with Crippen LogP contribution in [0.1, 0.15) is 55.4 Å². The summed E-state index contributed by atoms with van der Waals surface area (Å²) in [7, 11) is -3.50. The lowest BCUT2D eigenvalue weighted by atomic mass is 9.97. The molecule has 1 saturated heterocycles. The Morgan fingerprint density at radius 2 is 1.82 bits per heavy atom. The van der Waals surface area contributed by atoms with Crippen molar-refractivity contribution in [2.24, 2.45) is 5.92 Å². The first kappa shape index (κ1) is 23.9. The van der Waals surface area contributed by atoms with Crippen LogP contribution in [0, 0.1) is 5.92 Å². The number of nitrogens with one attached hydrogen (secondary N) is 1. The van der Waals surface area contributed by atoms with E-state index < -0.39 is 10.0 Å². The first-order valence-corrected chi connectivity index (χ1v) is 13.5. The van der Waals surface area contributed by atoms with Gasteiger partial charge in [-0.1, -0.05) is 36.4 Å². The lowest BCUT2D eigenvalue weighted by molar-refractivity contribution is -0.126. The van der Waals surface area contributed by atoms with Gasteiger partial charge in [0.1, 0.15) is 0 Å². The molecule has 0 unspecified atom stereocenters. The minimum Gasteiger partial charge on any atom is -0.374 e. The number of carbonyl (C=O) groups is 1. The average molecular weight is 471 g/mol. The summed E-state index contributed by atoms with van der Waals surface area (Å²) >= 11 is 0. The molecule has 1 amide bonds. The van der Waals surface area contributed by atoms with Gasteiger partial charge < -0.3 is 10.1 Å². The van der Waals surface area contributed by atoms with Crippen LogP contribution in [0.15, 0.2) is 53.4 Å². The number of fused-ring (bicyclic) bond motifs is 1. The molecule has 0 saturated carbocycles. The maximum Gasteiger partial charge on any atom is 0.243 e. The summed E-state index contributed by atoms with van der Waals surface area (Å²) in [6.45, 7) is 3.94. The molecule has 1 aliphatic heterocycles. The third-order valence-corrected chi connectivity index (χ3v) is 8.68. The van der Waals surface area contributed by atoms with E-state index in [-0.39, 0.29) is 17.9 Å². The standard InChI is InChI=1S/C26H34N2O4S/c1-20(21-7-3-2-4-8-21)32-18-6-15-27-26(29)23-13-16-28(17-14-23)33(30,31)25-12-11-22-9-5-10-24(22)19-25/h2-4,7-8,11-12,19-20,23H,5-6,9-10,13-18H2,1H3,(H,27,29)/t20-/m0/s1. The van der Waals surface area contributed by atoms with Gasteiger partial charge in [-0.25, -0.2) is 8.42 Å². The Kier molecular flexibility index (Phi) is 7.83. The van der Waals surface area contributed by atoms with Gasteiger partial charge in [-0.15, -0.1) is 0 Å². The average Bonchev–Trinajstić information content (AvgIpc) is 3.32. The predicted molar refractivity (Wildman–Crippen MR) is 128 cm³/mol. The SMILES string of the molecule is C[C@H](OCCCNC(=O)C1CCN(S(=O)(=O)c2ccc3c(c2)CCC3)CC1)c1ccccc1. The predicted octanol–water partition coefficient (Wildman–Crippen LogP) is 3.86. The first-order chi connectivity index (χ1) is 15.9. The fourth-order valence-electron chi connectivity index (χ4n) is 4.72. The second-order valence-corrected chi connectivity index (χ2v) is 11.0. The Morgan fingerprint density at radius 3 is 2.58 bits per heavy atom. The summed E-state index contributed by atoms with van der Waals surface area (Å²) in [6.07, 6.45) is 4.96. The van der Waals surface area contributed by atoms with Crippen LogP contribution in [0.4, 0.5) is 0 Å². The summed E-state index contributed by atoms with van der Waals surface area (Å²) in [5.41, 5.74) is 3.57. The van der Waals surface area contributed by atoms with Crippen LogP contribution in [0.2, 0.25) is 0 Å². The number of hydrogen-bond acceptors (Lipinski definition) is 4. The van der Waals surface area contributed by atoms with Gasteiger partial charge in [-0.3, -0.25) is 4.79 Å². The van der Waals surface area contributed by atoms with Crippen molar-refractivity contribution in [2.45, 2.75) is 56.4 Å². The van der Waals surface area contributed by atoms with E-state index in [1.807, 2.05) is 49.4 Å². The zero-order valence-corrected chi connectivity index (χ0v) is 20.1. The number of ether oxygens (including phenoxy) is 1. The molecule has 2 aliphatic rings. The molecule has 0 radical (unpaired) electrons. The van der Waals surface area contributed by atoms with Gasteiger partial charge in [0.25, 0.3) is 0 Å². The summed E-state index contributed by atoms with van der Waals surface area (Å²) in [4.78, 5) is 12.9. The van der Waals surface area contributed by atoms with Gasteiger partial charge in [0.2, 0.25) is 15.9 Å². The van der Waals surface area contributed by atoms with E-state index >= 15 is 0 Å². The highest BCUT2D eigenvalue weighted by Gasteiger charge is 2.32. The van der Waals surface area contributed by atoms with Gasteiger partial charge in [0, 0.05) is 32.2 Å². The molecule has 1 aliphatic carbocycles. The fourth-order valence-corrected chi connectivity index (χ4v) is 6.25. The van der Waals surface area contributed by atoms with Crippen LogP contribution in [-0.4, -0.2) is 44.9 Å². The zero-order chi connectivity index (χ0) is 23.3. The van der Waals surface area contributed by atoms with E-state index in [0.717, 1.165) is 36.8 Å². The lowest BCUT2D eigenvalue weighted by Gasteiger charge is -2.30. The molecule has 2 aromatic carbocycles. The topological polar surface area (TPSA) is 75.7 Å². The number of aryl methyl sites for hydroxylation is 2. The molecule has 33 heavy (non-hydrogen) atoms. The van der Waals surface area contributed by atoms with Crippen LogP contribution in [-0.2, 0) is 32.4 Å². The molecule has 6 nitrogen and oxygen atoms in total. The smallest absolute Gasteiger partial charge is 0.243 e. The van der Waals surface area contributed by atoms with Crippen molar-refractivity contribution < 1.29 is 17.9 Å². The van der Waals surface area contributed by atoms with Gasteiger partial charge in [-0.2, -0.15) is 4.31 Å². The Hall–Kier alpha value is -2.22. The third kappa shape index (κ3) is 5.83. The van der Waals surface area contributed by atoms with Crippen LogP contribution in [0.5, 0.6) is 0 Å². The summed E-state index contributed by atoms with van der Waals surface area (Å²) in [5.74, 6) is -0.124. The number of benzene rings is 2. The normalized spacial score (nSPS) is 18.1. The quantitative estimate of drug-likeness (QED) is 0.565. The van der Waals surface area contributed by atoms with E-state index in [4.69, 9.17) is 4.74 Å². The third-order valence-electron chi connectivity index (χ3n) is 6.79. The van der Waals surface area contributed by atoms with Crippen molar-refractivity contribution in [3.63, 3.8) is 0 Å². The number of amides is 1. The van der Waals surface area contributed by atoms with Crippen molar-refractivity contribution in [2.75, 3.05) is 26.2 Å². The number of rotatable bonds is 9. The summed E-state index contributed by atoms with van der Waals surface area (Å²) in [5, 5.41) is 2.99. The monoisotopic (exact) mass is 470 g/mol. The highest BCUT2D eigenvalue weighted by Crippen LogP contribution is 2.28. The van der Waals surface area contributed by atoms with Crippen molar-refractivity contribution in [3.8, 4) is 0 Å². The molecule has 1 fully saturated rings. The summed E-state index contributed by atoms with van der Waals surface area (Å²) < 4.78 is 33.5. The molecule has 4 rings (SSSR count). The minimum absolute atomic E-state index is 0.0145. The second-order valence-electron chi connectivity index (χ2n) is 9.03. The molecule has 2 aromatic rings. The molecule has 1 heterocycles. The Labute approximate surface area is 197 Å². The summed E-state index contributed by atoms with van der Waals surface area (Å²) in [6, 6.07) is 15.6. The van der Waals surface area contributed by atoms with Crippen LogP contribution in [0.25, 0.3) is 0 Å². The minimum atomic E-state index is -3.50. The van der Waals surface area contributed by atoms with E-state index in [0.29, 0.717) is 44.0 Å². The molecule has 1 atom stereocenters. The number of hydrogen-bond donors (Lipinski definition) is 1. The highest BCUT2D eigenvalue weighted by atomic mass is 32.2. The highest BCUT2D eigenvalue weighted by molar-refractivity contribution is 7.89. The molecule has 0 aromatic heterocycles. The van der Waals surface area contributed by atoms with Gasteiger partial charge in [0.15, 0.2) is 0 Å². The van der Waals surface area contributed by atoms with E-state index in [1.165, 1.54) is 9.87 Å². The van der Waals surface area contributed by atoms with Gasteiger partial charge in [0.05, 0.1) is 11.0 Å². The van der Waals surface area contributed by atoms with Crippen molar-refractivity contribution >= 4 is 15.9 Å². The Bertz CT molecular complexity index is 1050. The van der Waals surface area contributed by atoms with Crippen molar-refractivity contribution in [1.82, 2.24) is 9.62 Å². The Balaban J connectivity index is 1.18. The maximum absolute atomic E-state index is 13.1. The maximum atomic E-state index is 13.1. The first-order valence-electron chi connectivity index (χ1n) is 12.0. The van der Waals surface area contributed by atoms with Crippen LogP contribution >= 0.6 is 0 Å². The van der Waals surface area contributed by atoms with Crippen molar-refractivity contribution in [1.29, 1.82) is 0 Å². The zero-order valence-electron chi connectivity index (χ0n) is 19.3. The molecule has 0 bridgehead atoms. The molecule has 0 spiro atoms. The number of sulfonamides is 1. The van der Waals surface area contributed by atoms with E-state index in [1.54, 1.807) is 6.07 Å². The Morgan fingerprint density at radius 1 is 1.09 bits per heavy atom. The van der Waals surface area contributed by atoms with Crippen molar-refractivity contribution in [3.05, 3.63) is 65.2 Å².